The lowest BCUT2D eigenvalue weighted by Crippen LogP contribution is -2.43. The van der Waals surface area contributed by atoms with Crippen LogP contribution in [0.1, 0.15) is 33.1 Å². The molecule has 0 aliphatic carbocycles. The number of nitrogens with two attached hydrogens (primary N) is 1. The van der Waals surface area contributed by atoms with E-state index in [2.05, 4.69) is 10.1 Å². The highest BCUT2D eigenvalue weighted by Crippen LogP contribution is 2.23. The lowest BCUT2D eigenvalue weighted by molar-refractivity contribution is -0.139. The zero-order valence-corrected chi connectivity index (χ0v) is 15.8. The molecule has 0 heterocycles. The topological polar surface area (TPSA) is 90.6 Å². The molecule has 1 rings (SSSR count). The monoisotopic (exact) mass is 392 g/mol. The highest BCUT2D eigenvalue weighted by Gasteiger charge is 2.26. The second-order valence-electron chi connectivity index (χ2n) is 5.97. The van der Waals surface area contributed by atoms with E-state index < -0.39 is 35.4 Å². The Kier molecular flexibility index (Phi) is 12.1. The number of aldehydes is 1. The third-order valence-electron chi connectivity index (χ3n) is 3.52. The number of unbranched alkanes of at least 4 members (excludes halogenated alkanes) is 2. The van der Waals surface area contributed by atoms with Gasteiger partial charge in [-0.2, -0.15) is 4.39 Å². The van der Waals surface area contributed by atoms with Crippen LogP contribution in [-0.2, 0) is 14.3 Å². The van der Waals surface area contributed by atoms with Crippen molar-refractivity contribution in [3.63, 3.8) is 0 Å². The molecule has 0 aliphatic rings. The maximum atomic E-state index is 12.7. The van der Waals surface area contributed by atoms with E-state index in [9.17, 15) is 22.8 Å². The van der Waals surface area contributed by atoms with Crippen LogP contribution in [0.4, 0.5) is 13.2 Å². The van der Waals surface area contributed by atoms with Crippen LogP contribution in [0.5, 0.6) is 5.75 Å². The molecule has 3 N–H and O–H groups in total. The maximum absolute atomic E-state index is 12.7. The Morgan fingerprint density at radius 3 is 2.37 bits per heavy atom. The number of rotatable bonds is 10. The van der Waals surface area contributed by atoms with E-state index in [1.807, 2.05) is 0 Å². The van der Waals surface area contributed by atoms with Gasteiger partial charge in [0.05, 0.1) is 0 Å². The second kappa shape index (κ2) is 13.1. The molecule has 0 aromatic heterocycles. The van der Waals surface area contributed by atoms with Crippen LogP contribution in [0.25, 0.3) is 0 Å². The van der Waals surface area contributed by atoms with Gasteiger partial charge in [0.1, 0.15) is 12.2 Å². The summed E-state index contributed by atoms with van der Waals surface area (Å²) in [6.45, 7) is 4.41. The fraction of sp³-hybridized carbons (Fsp3) is 0.556. The van der Waals surface area contributed by atoms with Gasteiger partial charge in [-0.1, -0.05) is 6.42 Å². The van der Waals surface area contributed by atoms with Gasteiger partial charge in [-0.15, -0.1) is 0 Å². The third-order valence-corrected chi connectivity index (χ3v) is 3.52. The summed E-state index contributed by atoms with van der Waals surface area (Å²) < 4.78 is 47.3. The molecule has 1 aromatic rings. The van der Waals surface area contributed by atoms with E-state index in [0.717, 1.165) is 31.9 Å². The van der Waals surface area contributed by atoms with Crippen LogP contribution >= 0.6 is 0 Å². The Hall–Kier alpha value is -2.13. The standard InChI is InChI=1S/C10H22N2O2.C8H5F3O2/c1-10(2,14-3)9(13)12-8-6-4-5-7-11;9-5-1-2-6(10)8(7(5)11)13-4-3-12/h4-8,11H2,1-3H3,(H,12,13);1-3H,4H2. The summed E-state index contributed by atoms with van der Waals surface area (Å²) in [4.78, 5) is 21.3. The molecule has 6 nitrogen and oxygen atoms in total. The van der Waals surface area contributed by atoms with Crippen LogP contribution in [0.15, 0.2) is 12.1 Å². The van der Waals surface area contributed by atoms with Crippen molar-refractivity contribution in [3.05, 3.63) is 29.6 Å². The minimum atomic E-state index is -1.43. The molecule has 0 radical (unpaired) electrons. The largest absolute Gasteiger partial charge is 0.480 e. The lowest BCUT2D eigenvalue weighted by atomic mass is 10.1. The molecule has 0 unspecified atom stereocenters. The number of carbonyl (C=O) groups is 2. The smallest absolute Gasteiger partial charge is 0.251 e. The number of hydrogen-bond acceptors (Lipinski definition) is 5. The van der Waals surface area contributed by atoms with Gasteiger partial charge in [0.25, 0.3) is 5.91 Å². The predicted octanol–water partition coefficient (Wildman–Crippen LogP) is 2.34. The van der Waals surface area contributed by atoms with Crippen LogP contribution in [0, 0.1) is 17.5 Å². The molecule has 1 amide bonds. The molecule has 0 saturated heterocycles. The number of amides is 1. The van der Waals surface area contributed by atoms with E-state index in [0.29, 0.717) is 18.9 Å². The summed E-state index contributed by atoms with van der Waals surface area (Å²) in [7, 11) is 1.54. The number of carbonyl (C=O) groups excluding carboxylic acids is 2. The molecular weight excluding hydrogens is 365 g/mol. The first kappa shape index (κ1) is 24.9. The number of nitrogens with one attached hydrogen (secondary N) is 1. The Labute approximate surface area is 157 Å². The minimum absolute atomic E-state index is 0.0623. The Morgan fingerprint density at radius 1 is 1.19 bits per heavy atom. The Morgan fingerprint density at radius 2 is 1.81 bits per heavy atom. The first-order chi connectivity index (χ1) is 12.7. The molecule has 0 bridgehead atoms. The summed E-state index contributed by atoms with van der Waals surface area (Å²) >= 11 is 0. The number of methoxy groups -OCH3 is 1. The van der Waals surface area contributed by atoms with Crippen molar-refractivity contribution in [3.8, 4) is 5.75 Å². The average Bonchev–Trinajstić information content (AvgIpc) is 2.65. The molecule has 9 heteroatoms. The molecule has 27 heavy (non-hydrogen) atoms. The van der Waals surface area contributed by atoms with E-state index in [-0.39, 0.29) is 5.91 Å². The van der Waals surface area contributed by atoms with Crippen LogP contribution in [0.3, 0.4) is 0 Å². The summed E-state index contributed by atoms with van der Waals surface area (Å²) in [5.74, 6) is -4.62. The first-order valence-electron chi connectivity index (χ1n) is 8.44. The molecule has 154 valence electrons. The predicted molar refractivity (Wildman–Crippen MR) is 94.9 cm³/mol. The summed E-state index contributed by atoms with van der Waals surface area (Å²) in [5.41, 5.74) is 4.63. The number of ether oxygens (including phenoxy) is 2. The van der Waals surface area contributed by atoms with Crippen molar-refractivity contribution in [2.24, 2.45) is 5.73 Å². The molecule has 0 fully saturated rings. The highest BCUT2D eigenvalue weighted by atomic mass is 19.2. The third kappa shape index (κ3) is 9.39. The van der Waals surface area contributed by atoms with Gasteiger partial charge < -0.3 is 20.5 Å². The molecular formula is C18H27F3N2O4. The lowest BCUT2D eigenvalue weighted by Gasteiger charge is -2.21. The average molecular weight is 392 g/mol. The highest BCUT2D eigenvalue weighted by molar-refractivity contribution is 5.84. The van der Waals surface area contributed by atoms with Gasteiger partial charge >= 0.3 is 0 Å². The zero-order chi connectivity index (χ0) is 20.9. The van der Waals surface area contributed by atoms with Crippen LogP contribution < -0.4 is 15.8 Å². The van der Waals surface area contributed by atoms with Gasteiger partial charge in [0.2, 0.25) is 5.82 Å². The fourth-order valence-electron chi connectivity index (χ4n) is 1.71. The normalized spacial score (nSPS) is 10.6. The number of hydrogen-bond donors (Lipinski definition) is 2. The minimum Gasteiger partial charge on any atom is -0.480 e. The van der Waals surface area contributed by atoms with Crippen molar-refractivity contribution in [2.45, 2.75) is 38.7 Å². The van der Waals surface area contributed by atoms with Gasteiger partial charge in [-0.3, -0.25) is 9.59 Å². The van der Waals surface area contributed by atoms with E-state index in [1.165, 1.54) is 7.11 Å². The molecule has 0 aliphatic heterocycles. The number of benzene rings is 1. The summed E-state index contributed by atoms with van der Waals surface area (Å²) in [6, 6.07) is 1.36. The number of halogens is 3. The van der Waals surface area contributed by atoms with Crippen molar-refractivity contribution in [2.75, 3.05) is 26.8 Å². The van der Waals surface area contributed by atoms with Gasteiger partial charge in [0.15, 0.2) is 23.7 Å². The molecule has 1 aromatic carbocycles. The quantitative estimate of drug-likeness (QED) is 0.362. The van der Waals surface area contributed by atoms with Gasteiger partial charge in [0, 0.05) is 13.7 Å². The van der Waals surface area contributed by atoms with E-state index >= 15 is 0 Å². The first-order valence-corrected chi connectivity index (χ1v) is 8.44. The molecule has 0 spiro atoms. The SMILES string of the molecule is COC(C)(C)C(=O)NCCCCCN.O=CCOc1c(F)ccc(F)c1F. The molecule has 0 atom stereocenters. The summed E-state index contributed by atoms with van der Waals surface area (Å²) in [5, 5.41) is 2.83. The zero-order valence-electron chi connectivity index (χ0n) is 15.8. The second-order valence-corrected chi connectivity index (χ2v) is 5.97. The van der Waals surface area contributed by atoms with Gasteiger partial charge in [-0.25, -0.2) is 8.78 Å². The van der Waals surface area contributed by atoms with Crippen molar-refractivity contribution >= 4 is 12.2 Å². The Bertz CT molecular complexity index is 598. The fourth-order valence-corrected chi connectivity index (χ4v) is 1.71. The van der Waals surface area contributed by atoms with E-state index in [4.69, 9.17) is 10.5 Å². The maximum Gasteiger partial charge on any atom is 0.251 e. The Balaban J connectivity index is 0.000000501. The van der Waals surface area contributed by atoms with Crippen LogP contribution in [0.2, 0.25) is 0 Å². The van der Waals surface area contributed by atoms with Crippen molar-refractivity contribution in [1.29, 1.82) is 0 Å². The van der Waals surface area contributed by atoms with Crippen molar-refractivity contribution < 1.29 is 32.2 Å². The summed E-state index contributed by atoms with van der Waals surface area (Å²) in [6.07, 6.45) is 3.36. The van der Waals surface area contributed by atoms with Crippen LogP contribution in [-0.4, -0.2) is 44.6 Å². The van der Waals surface area contributed by atoms with E-state index in [1.54, 1.807) is 13.8 Å². The van der Waals surface area contributed by atoms with Crippen molar-refractivity contribution in [1.82, 2.24) is 5.32 Å². The molecule has 0 saturated carbocycles. The van der Waals surface area contributed by atoms with Gasteiger partial charge in [-0.05, 0) is 45.4 Å².